The Morgan fingerprint density at radius 3 is 2.62 bits per heavy atom. The molecule has 0 bridgehead atoms. The number of hydrogen-bond acceptors (Lipinski definition) is 3. The third-order valence-corrected chi connectivity index (χ3v) is 5.67. The smallest absolute Gasteiger partial charge is 0.315 e. The van der Waals surface area contributed by atoms with Crippen LogP contribution in [0.5, 0.6) is 0 Å². The molecule has 2 N–H and O–H groups in total. The molecule has 0 aliphatic carbocycles. The van der Waals surface area contributed by atoms with Crippen LogP contribution in [0.15, 0.2) is 42.7 Å². The zero-order chi connectivity index (χ0) is 20.9. The number of carbonyl (C=O) groups excluding carboxylic acids is 1. The molecule has 2 heterocycles. The second kappa shape index (κ2) is 9.44. The van der Waals surface area contributed by atoms with Gasteiger partial charge in [0.2, 0.25) is 0 Å². The molecule has 1 aromatic heterocycles. The van der Waals surface area contributed by atoms with Gasteiger partial charge in [0.25, 0.3) is 0 Å². The fourth-order valence-electron chi connectivity index (χ4n) is 3.77. The molecule has 0 saturated carbocycles. The summed E-state index contributed by atoms with van der Waals surface area (Å²) in [4.78, 5) is 15.0. The van der Waals surface area contributed by atoms with Gasteiger partial charge in [-0.1, -0.05) is 52.0 Å². The monoisotopic (exact) mass is 397 g/mol. The quantitative estimate of drug-likeness (QED) is 0.754. The Labute approximate surface area is 174 Å². The van der Waals surface area contributed by atoms with Crippen molar-refractivity contribution in [3.63, 3.8) is 0 Å². The van der Waals surface area contributed by atoms with Gasteiger partial charge in [-0.3, -0.25) is 9.58 Å². The molecule has 1 aliphatic rings. The van der Waals surface area contributed by atoms with E-state index in [2.05, 4.69) is 72.6 Å². The summed E-state index contributed by atoms with van der Waals surface area (Å²) in [6, 6.07) is 10.6. The van der Waals surface area contributed by atoms with Crippen LogP contribution in [0, 0.1) is 11.3 Å². The highest BCUT2D eigenvalue weighted by Crippen LogP contribution is 2.24. The van der Waals surface area contributed by atoms with Gasteiger partial charge in [-0.25, -0.2) is 4.79 Å². The molecule has 0 unspecified atom stereocenters. The van der Waals surface area contributed by atoms with Gasteiger partial charge in [-0.15, -0.1) is 0 Å². The molecule has 0 radical (unpaired) electrons. The first-order valence-corrected chi connectivity index (χ1v) is 10.6. The third-order valence-electron chi connectivity index (χ3n) is 5.67. The number of aromatic nitrogens is 2. The van der Waals surface area contributed by atoms with Crippen molar-refractivity contribution in [1.29, 1.82) is 0 Å². The van der Waals surface area contributed by atoms with Gasteiger partial charge in [0, 0.05) is 51.2 Å². The summed E-state index contributed by atoms with van der Waals surface area (Å²) in [7, 11) is 0. The largest absolute Gasteiger partial charge is 0.338 e. The van der Waals surface area contributed by atoms with E-state index in [1.165, 1.54) is 11.1 Å². The topological polar surface area (TPSA) is 62.2 Å². The lowest BCUT2D eigenvalue weighted by atomic mass is 9.86. The van der Waals surface area contributed by atoms with E-state index < -0.39 is 0 Å². The molecule has 2 aromatic rings. The summed E-state index contributed by atoms with van der Waals surface area (Å²) in [5.74, 6) is 0.312. The molecule has 6 nitrogen and oxygen atoms in total. The number of nitrogens with zero attached hydrogens (tertiary/aromatic N) is 3. The van der Waals surface area contributed by atoms with E-state index in [1.807, 2.05) is 16.9 Å². The van der Waals surface area contributed by atoms with E-state index in [-0.39, 0.29) is 17.5 Å². The molecule has 6 heteroatoms. The fourth-order valence-corrected chi connectivity index (χ4v) is 3.77. The van der Waals surface area contributed by atoms with Crippen LogP contribution in [0.4, 0.5) is 4.79 Å². The van der Waals surface area contributed by atoms with Crippen molar-refractivity contribution in [2.45, 2.75) is 53.2 Å². The second-order valence-corrected chi connectivity index (χ2v) is 9.36. The van der Waals surface area contributed by atoms with E-state index in [9.17, 15) is 4.79 Å². The minimum Gasteiger partial charge on any atom is -0.338 e. The van der Waals surface area contributed by atoms with Gasteiger partial charge in [-0.05, 0) is 34.9 Å². The summed E-state index contributed by atoms with van der Waals surface area (Å²) in [5, 5.41) is 10.5. The molecular formula is C23H35N5O. The number of fused-ring (bicyclic) bond motifs is 1. The van der Waals surface area contributed by atoms with Gasteiger partial charge in [0.05, 0.1) is 0 Å². The lowest BCUT2D eigenvalue weighted by Gasteiger charge is -2.38. The number of amides is 2. The van der Waals surface area contributed by atoms with Gasteiger partial charge in [-0.2, -0.15) is 5.10 Å². The molecule has 1 aliphatic heterocycles. The first kappa shape index (κ1) is 21.4. The average Bonchev–Trinajstić information content (AvgIpc) is 3.18. The van der Waals surface area contributed by atoms with Crippen LogP contribution in [0.25, 0.3) is 0 Å². The Kier molecular flexibility index (Phi) is 6.96. The van der Waals surface area contributed by atoms with Crippen molar-refractivity contribution in [2.75, 3.05) is 19.6 Å². The lowest BCUT2D eigenvalue weighted by molar-refractivity contribution is 0.161. The molecule has 29 heavy (non-hydrogen) atoms. The summed E-state index contributed by atoms with van der Waals surface area (Å²) < 4.78 is 1.90. The molecule has 3 rings (SSSR count). The Morgan fingerprint density at radius 1 is 1.17 bits per heavy atom. The first-order chi connectivity index (χ1) is 13.8. The van der Waals surface area contributed by atoms with Gasteiger partial charge in [0.15, 0.2) is 0 Å². The van der Waals surface area contributed by atoms with E-state index >= 15 is 0 Å². The van der Waals surface area contributed by atoms with Crippen LogP contribution >= 0.6 is 0 Å². The van der Waals surface area contributed by atoms with Crippen molar-refractivity contribution in [2.24, 2.45) is 11.3 Å². The SMILES string of the molecule is C[C@@H](CNC(=O)N[C@H](CN1CCc2ccccc2C1)C(C)(C)C)Cn1cccn1. The standard InChI is InChI=1S/C23H35N5O/c1-18(15-28-12-7-11-25-28)14-24-22(29)26-21(23(2,3)4)17-27-13-10-19-8-5-6-9-20(19)16-27/h5-9,11-12,18,21H,10,13-17H2,1-4H3,(H2,24,26,29)/t18-,21+/m0/s1. The van der Waals surface area contributed by atoms with Crippen molar-refractivity contribution < 1.29 is 4.79 Å². The molecule has 0 fully saturated rings. The van der Waals surface area contributed by atoms with Crippen LogP contribution < -0.4 is 10.6 Å². The van der Waals surface area contributed by atoms with Crippen LogP contribution in [0.2, 0.25) is 0 Å². The van der Waals surface area contributed by atoms with Crippen molar-refractivity contribution >= 4 is 6.03 Å². The van der Waals surface area contributed by atoms with Crippen molar-refractivity contribution in [3.05, 3.63) is 53.9 Å². The second-order valence-electron chi connectivity index (χ2n) is 9.36. The highest BCUT2D eigenvalue weighted by molar-refractivity contribution is 5.74. The van der Waals surface area contributed by atoms with E-state index in [0.29, 0.717) is 12.5 Å². The van der Waals surface area contributed by atoms with E-state index in [0.717, 1.165) is 32.6 Å². The van der Waals surface area contributed by atoms with Gasteiger partial charge >= 0.3 is 6.03 Å². The first-order valence-electron chi connectivity index (χ1n) is 10.6. The fraction of sp³-hybridized carbons (Fsp3) is 0.565. The van der Waals surface area contributed by atoms with Crippen molar-refractivity contribution in [1.82, 2.24) is 25.3 Å². The number of benzene rings is 1. The lowest BCUT2D eigenvalue weighted by Crippen LogP contribution is -2.54. The summed E-state index contributed by atoms with van der Waals surface area (Å²) in [6.45, 7) is 13.0. The average molecular weight is 398 g/mol. The Morgan fingerprint density at radius 2 is 1.93 bits per heavy atom. The Bertz CT molecular complexity index is 781. The normalized spacial score (nSPS) is 16.7. The van der Waals surface area contributed by atoms with Crippen LogP contribution in [-0.2, 0) is 19.5 Å². The molecular weight excluding hydrogens is 362 g/mol. The number of hydrogen-bond donors (Lipinski definition) is 2. The van der Waals surface area contributed by atoms with Crippen LogP contribution in [0.1, 0.15) is 38.8 Å². The maximum atomic E-state index is 12.6. The predicted molar refractivity (Wildman–Crippen MR) is 117 cm³/mol. The van der Waals surface area contributed by atoms with E-state index in [4.69, 9.17) is 0 Å². The molecule has 2 atom stereocenters. The molecule has 0 saturated heterocycles. The maximum absolute atomic E-state index is 12.6. The zero-order valence-corrected chi connectivity index (χ0v) is 18.2. The Hall–Kier alpha value is -2.34. The molecule has 2 amide bonds. The van der Waals surface area contributed by atoms with Crippen LogP contribution in [0.3, 0.4) is 0 Å². The summed E-state index contributed by atoms with van der Waals surface area (Å²) in [6.07, 6.45) is 4.80. The van der Waals surface area contributed by atoms with Crippen LogP contribution in [-0.4, -0.2) is 46.4 Å². The number of urea groups is 1. The minimum absolute atomic E-state index is 0.0189. The van der Waals surface area contributed by atoms with E-state index in [1.54, 1.807) is 6.20 Å². The molecule has 0 spiro atoms. The third kappa shape index (κ3) is 6.32. The molecule has 158 valence electrons. The van der Waals surface area contributed by atoms with Crippen molar-refractivity contribution in [3.8, 4) is 0 Å². The highest BCUT2D eigenvalue weighted by Gasteiger charge is 2.29. The minimum atomic E-state index is -0.0883. The Balaban J connectivity index is 1.50. The number of rotatable bonds is 7. The maximum Gasteiger partial charge on any atom is 0.315 e. The summed E-state index contributed by atoms with van der Waals surface area (Å²) in [5.41, 5.74) is 2.84. The number of nitrogens with one attached hydrogen (secondary N) is 2. The highest BCUT2D eigenvalue weighted by atomic mass is 16.2. The van der Waals surface area contributed by atoms with Gasteiger partial charge in [0.1, 0.15) is 0 Å². The van der Waals surface area contributed by atoms with Gasteiger partial charge < -0.3 is 10.6 Å². The zero-order valence-electron chi connectivity index (χ0n) is 18.2. The number of carbonyl (C=O) groups is 1. The predicted octanol–water partition coefficient (Wildman–Crippen LogP) is 3.29. The summed E-state index contributed by atoms with van der Waals surface area (Å²) >= 11 is 0. The molecule has 1 aromatic carbocycles.